The van der Waals surface area contributed by atoms with Crippen LogP contribution in [0.1, 0.15) is 67.2 Å². The highest BCUT2D eigenvalue weighted by Gasteiger charge is 2.48. The first kappa shape index (κ1) is 36.2. The van der Waals surface area contributed by atoms with Crippen molar-refractivity contribution in [2.45, 2.75) is 101 Å². The molecule has 0 aliphatic heterocycles. The maximum Gasteiger partial charge on any atom is 0.222 e. The van der Waals surface area contributed by atoms with Crippen molar-refractivity contribution in [2.75, 3.05) is 20.2 Å². The molecule has 11 heteroatoms. The summed E-state index contributed by atoms with van der Waals surface area (Å²) in [4.78, 5) is 18.3. The zero-order valence-electron chi connectivity index (χ0n) is 27.6. The molecule has 0 spiro atoms. The maximum absolute atomic E-state index is 12.6. The Hall–Kier alpha value is -3.09. The normalized spacial score (nSPS) is 17.8. The van der Waals surface area contributed by atoms with Gasteiger partial charge in [0.15, 0.2) is 0 Å². The number of carbonyl (C=O) groups excluding carboxylic acids is 1. The Labute approximate surface area is 286 Å². The van der Waals surface area contributed by atoms with E-state index in [9.17, 15) is 25.2 Å². The van der Waals surface area contributed by atoms with Gasteiger partial charge in [0.05, 0.1) is 24.9 Å². The van der Waals surface area contributed by atoms with Crippen molar-refractivity contribution in [1.82, 2.24) is 9.88 Å². The number of amides is 1. The molecule has 260 valence electrons. The van der Waals surface area contributed by atoms with Gasteiger partial charge in [0.1, 0.15) is 30.2 Å². The molecule has 2 aromatic carbocycles. The molecular formula is C37H47ClN2O8. The number of ether oxygens (including phenoxy) is 2. The summed E-state index contributed by atoms with van der Waals surface area (Å²) in [6.45, 7) is 1.43. The van der Waals surface area contributed by atoms with Crippen LogP contribution in [0.5, 0.6) is 5.75 Å². The number of likely N-dealkylation sites (N-methyl/N-ethyl adjacent to an activating group) is 1. The summed E-state index contributed by atoms with van der Waals surface area (Å²) in [5.74, 6) is 0.672. The number of unbranched alkanes of at least 4 members (excludes halogenated alkanes) is 1. The van der Waals surface area contributed by atoms with Crippen LogP contribution >= 0.6 is 11.6 Å². The summed E-state index contributed by atoms with van der Waals surface area (Å²) in [5.41, 5.74) is 5.87. The van der Waals surface area contributed by atoms with Crippen molar-refractivity contribution in [3.63, 3.8) is 0 Å². The summed E-state index contributed by atoms with van der Waals surface area (Å²) in [6.07, 6.45) is 3.83. The summed E-state index contributed by atoms with van der Waals surface area (Å²) in [6, 6.07) is 14.2. The van der Waals surface area contributed by atoms with Crippen LogP contribution in [-0.4, -0.2) is 92.0 Å². The molecule has 10 nitrogen and oxygen atoms in total. The van der Waals surface area contributed by atoms with Crippen molar-refractivity contribution in [1.29, 1.82) is 0 Å². The lowest BCUT2D eigenvalue weighted by Gasteiger charge is -2.28. The van der Waals surface area contributed by atoms with Crippen LogP contribution in [-0.2, 0) is 28.2 Å². The smallest absolute Gasteiger partial charge is 0.222 e. The number of benzene rings is 2. The molecule has 48 heavy (non-hydrogen) atoms. The molecule has 5 N–H and O–H groups in total. The average molecular weight is 683 g/mol. The number of aryl methyl sites for hydroxylation is 2. The van der Waals surface area contributed by atoms with Gasteiger partial charge in [-0.05, 0) is 92.3 Å². The molecule has 2 aliphatic rings. The molecule has 4 atom stereocenters. The van der Waals surface area contributed by atoms with E-state index in [4.69, 9.17) is 26.2 Å². The molecule has 2 aliphatic carbocycles. The zero-order chi connectivity index (χ0) is 34.4. The lowest BCUT2D eigenvalue weighted by atomic mass is 9.96. The molecule has 1 amide bonds. The average Bonchev–Trinajstić information content (AvgIpc) is 4.04. The number of aromatic nitrogens is 1. The highest BCUT2D eigenvalue weighted by Crippen LogP contribution is 2.53. The van der Waals surface area contributed by atoms with Gasteiger partial charge >= 0.3 is 0 Å². The molecule has 1 heterocycles. The Morgan fingerprint density at radius 2 is 1.75 bits per heavy atom. The first-order chi connectivity index (χ1) is 23.0. The maximum atomic E-state index is 12.6. The molecule has 2 saturated carbocycles. The molecule has 1 aromatic heterocycles. The first-order valence-electron chi connectivity index (χ1n) is 16.7. The van der Waals surface area contributed by atoms with Gasteiger partial charge in [0.25, 0.3) is 0 Å². The number of para-hydroxylation sites is 1. The number of halogens is 1. The molecule has 0 saturated heterocycles. The fourth-order valence-electron chi connectivity index (χ4n) is 5.97. The highest BCUT2D eigenvalue weighted by molar-refractivity contribution is 6.31. The van der Waals surface area contributed by atoms with Crippen molar-refractivity contribution in [3.05, 3.63) is 82.1 Å². The van der Waals surface area contributed by atoms with Crippen LogP contribution in [0.25, 0.3) is 11.1 Å². The standard InChI is InChI=1S/C37H47ClN2O8/c1-23-17-25(30(38)18-24(23)7-3-6-10-34(44)40(2)20-31(42)35(45)36(46)32(43)21-41)22-47-37(14-15-37)29-19-39-16-13-27(29)28-8-4-5-9-33(28)48-26-11-12-26/h4-5,8-9,13,16-19,26,31-32,35-36,41-43,45-46H,3,6-7,10-12,14-15,20-22H2,1-2H3/t31-,32+,35+,36+/m0/s1. The molecular weight excluding hydrogens is 636 g/mol. The molecule has 0 radical (unpaired) electrons. The molecule has 0 bridgehead atoms. The monoisotopic (exact) mass is 682 g/mol. The van der Waals surface area contributed by atoms with Crippen LogP contribution < -0.4 is 4.74 Å². The quantitative estimate of drug-likeness (QED) is 0.125. The van der Waals surface area contributed by atoms with E-state index in [1.807, 2.05) is 49.6 Å². The summed E-state index contributed by atoms with van der Waals surface area (Å²) >= 11 is 6.77. The Bertz CT molecular complexity index is 1550. The van der Waals surface area contributed by atoms with E-state index in [1.54, 1.807) is 0 Å². The van der Waals surface area contributed by atoms with Crippen LogP contribution in [0.3, 0.4) is 0 Å². The number of carbonyl (C=O) groups is 1. The van der Waals surface area contributed by atoms with Gasteiger partial charge in [0.2, 0.25) is 5.91 Å². The van der Waals surface area contributed by atoms with Gasteiger partial charge in [-0.2, -0.15) is 0 Å². The van der Waals surface area contributed by atoms with Gasteiger partial charge < -0.3 is 39.9 Å². The SMILES string of the molecule is Cc1cc(COC2(c3cnccc3-c3ccccc3OC3CC3)CC2)c(Cl)cc1CCCCC(=O)N(C)C[C@H](O)[C@@H](O)[C@H](O)[C@H](O)CO. The minimum absolute atomic E-state index is 0.217. The fraction of sp³-hybridized carbons (Fsp3) is 0.514. The van der Waals surface area contributed by atoms with Gasteiger partial charge in [-0.25, -0.2) is 0 Å². The van der Waals surface area contributed by atoms with Crippen molar-refractivity contribution >= 4 is 17.5 Å². The second kappa shape index (κ2) is 16.1. The fourth-order valence-corrected chi connectivity index (χ4v) is 6.21. The van der Waals surface area contributed by atoms with E-state index < -0.39 is 36.6 Å². The van der Waals surface area contributed by atoms with Crippen LogP contribution in [0, 0.1) is 6.92 Å². The third-order valence-corrected chi connectivity index (χ3v) is 9.67. The second-order valence-corrected chi connectivity index (χ2v) is 13.6. The predicted molar refractivity (Wildman–Crippen MR) is 182 cm³/mol. The van der Waals surface area contributed by atoms with E-state index >= 15 is 0 Å². The third kappa shape index (κ3) is 8.92. The van der Waals surface area contributed by atoms with Crippen molar-refractivity contribution in [3.8, 4) is 16.9 Å². The minimum atomic E-state index is -1.73. The van der Waals surface area contributed by atoms with Gasteiger partial charge in [-0.3, -0.25) is 9.78 Å². The summed E-state index contributed by atoms with van der Waals surface area (Å²) < 4.78 is 12.9. The van der Waals surface area contributed by atoms with E-state index in [0.29, 0.717) is 24.2 Å². The number of nitrogens with zero attached hydrogens (tertiary/aromatic N) is 2. The van der Waals surface area contributed by atoms with Crippen molar-refractivity contribution in [2.24, 2.45) is 0 Å². The number of pyridine rings is 1. The Morgan fingerprint density at radius 3 is 2.46 bits per heavy atom. The Balaban J connectivity index is 1.13. The summed E-state index contributed by atoms with van der Waals surface area (Å²) in [5, 5.41) is 49.0. The largest absolute Gasteiger partial charge is 0.490 e. The van der Waals surface area contributed by atoms with E-state index in [1.165, 1.54) is 11.9 Å². The number of aliphatic hydroxyl groups is 5. The van der Waals surface area contributed by atoms with E-state index in [0.717, 1.165) is 77.7 Å². The van der Waals surface area contributed by atoms with Gasteiger partial charge in [-0.1, -0.05) is 35.9 Å². The van der Waals surface area contributed by atoms with Crippen LogP contribution in [0.2, 0.25) is 5.02 Å². The Morgan fingerprint density at radius 1 is 1.02 bits per heavy atom. The Kier molecular flexibility index (Phi) is 12.1. The second-order valence-electron chi connectivity index (χ2n) is 13.2. The number of aliphatic hydroxyl groups excluding tert-OH is 5. The highest BCUT2D eigenvalue weighted by atomic mass is 35.5. The van der Waals surface area contributed by atoms with E-state index in [2.05, 4.69) is 17.1 Å². The minimum Gasteiger partial charge on any atom is -0.490 e. The molecule has 2 fully saturated rings. The number of hydrogen-bond acceptors (Lipinski definition) is 9. The van der Waals surface area contributed by atoms with Crippen LogP contribution in [0.4, 0.5) is 0 Å². The van der Waals surface area contributed by atoms with Gasteiger partial charge in [-0.15, -0.1) is 0 Å². The lowest BCUT2D eigenvalue weighted by molar-refractivity contribution is -0.138. The van der Waals surface area contributed by atoms with E-state index in [-0.39, 0.29) is 18.9 Å². The predicted octanol–water partition coefficient (Wildman–Crippen LogP) is 4.06. The van der Waals surface area contributed by atoms with Crippen LogP contribution in [0.15, 0.2) is 54.9 Å². The molecule has 5 rings (SSSR count). The van der Waals surface area contributed by atoms with Crippen molar-refractivity contribution < 1.29 is 39.8 Å². The van der Waals surface area contributed by atoms with Gasteiger partial charge in [0, 0.05) is 48.6 Å². The topological polar surface area (TPSA) is 153 Å². The number of rotatable bonds is 18. The summed E-state index contributed by atoms with van der Waals surface area (Å²) in [7, 11) is 1.50. The lowest BCUT2D eigenvalue weighted by Crippen LogP contribution is -2.49. The molecule has 3 aromatic rings. The molecule has 0 unspecified atom stereocenters. The first-order valence-corrected chi connectivity index (χ1v) is 17.1. The zero-order valence-corrected chi connectivity index (χ0v) is 28.4. The number of hydrogen-bond donors (Lipinski definition) is 5. The third-order valence-electron chi connectivity index (χ3n) is 9.32.